The van der Waals surface area contributed by atoms with Crippen LogP contribution in [0.2, 0.25) is 5.02 Å². The number of piperidine rings is 1. The second-order valence-corrected chi connectivity index (χ2v) is 6.09. The van der Waals surface area contributed by atoms with E-state index in [4.69, 9.17) is 16.3 Å². The van der Waals surface area contributed by atoms with Crippen molar-refractivity contribution in [2.45, 2.75) is 32.4 Å². The lowest BCUT2D eigenvalue weighted by molar-refractivity contribution is 0.139. The molecule has 0 N–H and O–H groups in total. The molecule has 0 aliphatic carbocycles. The van der Waals surface area contributed by atoms with Gasteiger partial charge in [0, 0.05) is 23.2 Å². The molecule has 0 atom stereocenters. The normalized spacial score (nSPS) is 17.6. The molecule has 4 heteroatoms. The highest BCUT2D eigenvalue weighted by Crippen LogP contribution is 2.26. The molecule has 1 aliphatic heterocycles. The molecular weight excluding hydrogens is 272 g/mol. The molecule has 1 saturated heterocycles. The van der Waals surface area contributed by atoms with E-state index >= 15 is 0 Å². The van der Waals surface area contributed by atoms with E-state index in [-0.39, 0.29) is 0 Å². The van der Waals surface area contributed by atoms with Gasteiger partial charge in [-0.15, -0.1) is 0 Å². The Balaban J connectivity index is 1.98. The highest BCUT2D eigenvalue weighted by atomic mass is 35.5. The van der Waals surface area contributed by atoms with Gasteiger partial charge in [-0.2, -0.15) is 0 Å². The molecule has 112 valence electrons. The monoisotopic (exact) mass is 296 g/mol. The number of ether oxygens (including phenoxy) is 1. The molecule has 1 fully saturated rings. The highest BCUT2D eigenvalue weighted by Gasteiger charge is 2.21. The average molecular weight is 297 g/mol. The van der Waals surface area contributed by atoms with Crippen LogP contribution in [-0.4, -0.2) is 49.6 Å². The molecule has 0 unspecified atom stereocenters. The summed E-state index contributed by atoms with van der Waals surface area (Å²) in [5.74, 6) is 0.964. The van der Waals surface area contributed by atoms with Crippen molar-refractivity contribution in [2.75, 3.05) is 33.8 Å². The highest BCUT2D eigenvalue weighted by molar-refractivity contribution is 6.30. The Morgan fingerprint density at radius 2 is 2.00 bits per heavy atom. The summed E-state index contributed by atoms with van der Waals surface area (Å²) in [6.45, 7) is 5.91. The van der Waals surface area contributed by atoms with Crippen molar-refractivity contribution in [1.29, 1.82) is 0 Å². The van der Waals surface area contributed by atoms with E-state index in [2.05, 4.69) is 23.9 Å². The maximum atomic E-state index is 6.12. The van der Waals surface area contributed by atoms with Crippen LogP contribution in [0.1, 0.15) is 25.3 Å². The summed E-state index contributed by atoms with van der Waals surface area (Å²) in [4.78, 5) is 4.83. The first-order valence-electron chi connectivity index (χ1n) is 7.40. The second kappa shape index (κ2) is 7.30. The van der Waals surface area contributed by atoms with E-state index in [9.17, 15) is 0 Å². The minimum Gasteiger partial charge on any atom is -0.494 e. The van der Waals surface area contributed by atoms with E-state index in [1.54, 1.807) is 0 Å². The molecule has 0 saturated carbocycles. The molecule has 1 aliphatic rings. The Morgan fingerprint density at radius 1 is 1.30 bits per heavy atom. The fourth-order valence-corrected chi connectivity index (χ4v) is 3.00. The van der Waals surface area contributed by atoms with Crippen molar-refractivity contribution < 1.29 is 4.74 Å². The molecule has 0 bridgehead atoms. The Bertz CT molecular complexity index is 428. The first-order valence-corrected chi connectivity index (χ1v) is 7.78. The predicted octanol–water partition coefficient (Wildman–Crippen LogP) is 3.26. The molecule has 0 amide bonds. The van der Waals surface area contributed by atoms with E-state index in [0.29, 0.717) is 6.61 Å². The predicted molar refractivity (Wildman–Crippen MR) is 84.6 cm³/mol. The Morgan fingerprint density at radius 3 is 2.60 bits per heavy atom. The van der Waals surface area contributed by atoms with Crippen LogP contribution in [0.15, 0.2) is 18.2 Å². The van der Waals surface area contributed by atoms with Crippen LogP contribution in [0.4, 0.5) is 0 Å². The zero-order chi connectivity index (χ0) is 14.5. The zero-order valence-corrected chi connectivity index (χ0v) is 13.5. The van der Waals surface area contributed by atoms with Crippen LogP contribution < -0.4 is 4.74 Å². The van der Waals surface area contributed by atoms with Gasteiger partial charge in [0.25, 0.3) is 0 Å². The third kappa shape index (κ3) is 4.11. The van der Waals surface area contributed by atoms with E-state index in [0.717, 1.165) is 36.4 Å². The van der Waals surface area contributed by atoms with E-state index < -0.39 is 0 Å². The van der Waals surface area contributed by atoms with Crippen molar-refractivity contribution in [2.24, 2.45) is 0 Å². The van der Waals surface area contributed by atoms with Crippen LogP contribution in [-0.2, 0) is 6.54 Å². The fourth-order valence-electron chi connectivity index (χ4n) is 2.80. The molecular formula is C16H25ClN2O. The van der Waals surface area contributed by atoms with Gasteiger partial charge >= 0.3 is 0 Å². The number of rotatable bonds is 5. The molecule has 0 spiro atoms. The molecule has 20 heavy (non-hydrogen) atoms. The molecule has 3 nitrogen and oxygen atoms in total. The van der Waals surface area contributed by atoms with Gasteiger partial charge < -0.3 is 9.64 Å². The molecule has 1 heterocycles. The molecule has 0 aromatic heterocycles. The van der Waals surface area contributed by atoms with Crippen molar-refractivity contribution in [3.63, 3.8) is 0 Å². The summed E-state index contributed by atoms with van der Waals surface area (Å²) in [5.41, 5.74) is 1.20. The number of hydrogen-bond donors (Lipinski definition) is 0. The molecule has 1 aromatic rings. The Kier molecular flexibility index (Phi) is 5.70. The average Bonchev–Trinajstić information content (AvgIpc) is 2.42. The standard InChI is InChI=1S/C16H25ClN2O/c1-4-20-16-6-5-14(17)11-13(16)12-19-9-7-15(8-10-19)18(2)3/h5-6,11,15H,4,7-10,12H2,1-3H3. The van der Waals surface area contributed by atoms with Crippen LogP contribution in [0.3, 0.4) is 0 Å². The van der Waals surface area contributed by atoms with Crippen LogP contribution in [0.25, 0.3) is 0 Å². The third-order valence-corrected chi connectivity index (χ3v) is 4.24. The van der Waals surface area contributed by atoms with E-state index in [1.807, 2.05) is 25.1 Å². The summed E-state index contributed by atoms with van der Waals surface area (Å²) < 4.78 is 5.70. The summed E-state index contributed by atoms with van der Waals surface area (Å²) in [6.07, 6.45) is 2.47. The van der Waals surface area contributed by atoms with Crippen molar-refractivity contribution in [1.82, 2.24) is 9.80 Å². The van der Waals surface area contributed by atoms with Gasteiger partial charge in [-0.1, -0.05) is 11.6 Å². The minimum atomic E-state index is 0.692. The number of halogens is 1. The van der Waals surface area contributed by atoms with Crippen molar-refractivity contribution in [3.05, 3.63) is 28.8 Å². The topological polar surface area (TPSA) is 15.7 Å². The van der Waals surface area contributed by atoms with Gasteiger partial charge in [-0.05, 0) is 65.1 Å². The van der Waals surface area contributed by atoms with Crippen LogP contribution in [0, 0.1) is 0 Å². The molecule has 0 radical (unpaired) electrons. The first-order chi connectivity index (χ1) is 9.60. The van der Waals surface area contributed by atoms with Crippen molar-refractivity contribution >= 4 is 11.6 Å². The maximum absolute atomic E-state index is 6.12. The van der Waals surface area contributed by atoms with Gasteiger partial charge in [-0.3, -0.25) is 4.90 Å². The Hall–Kier alpha value is -0.770. The van der Waals surface area contributed by atoms with Gasteiger partial charge in [0.15, 0.2) is 0 Å². The zero-order valence-electron chi connectivity index (χ0n) is 12.7. The first kappa shape index (κ1) is 15.6. The smallest absolute Gasteiger partial charge is 0.123 e. The van der Waals surface area contributed by atoms with Crippen LogP contribution in [0.5, 0.6) is 5.75 Å². The SMILES string of the molecule is CCOc1ccc(Cl)cc1CN1CCC(N(C)C)CC1. The summed E-state index contributed by atoms with van der Waals surface area (Å²) in [7, 11) is 4.34. The summed E-state index contributed by atoms with van der Waals surface area (Å²) in [6, 6.07) is 6.63. The summed E-state index contributed by atoms with van der Waals surface area (Å²) >= 11 is 6.12. The lowest BCUT2D eigenvalue weighted by atomic mass is 10.0. The Labute approximate surface area is 127 Å². The maximum Gasteiger partial charge on any atom is 0.123 e. The number of benzene rings is 1. The molecule has 2 rings (SSSR count). The fraction of sp³-hybridized carbons (Fsp3) is 0.625. The van der Waals surface area contributed by atoms with Crippen molar-refractivity contribution in [3.8, 4) is 5.75 Å². The summed E-state index contributed by atoms with van der Waals surface area (Å²) in [5, 5.41) is 0.784. The van der Waals surface area contributed by atoms with Gasteiger partial charge in [0.2, 0.25) is 0 Å². The number of likely N-dealkylation sites (tertiary alicyclic amines) is 1. The van der Waals surface area contributed by atoms with E-state index in [1.165, 1.54) is 18.4 Å². The molecule has 1 aromatic carbocycles. The second-order valence-electron chi connectivity index (χ2n) is 5.66. The largest absolute Gasteiger partial charge is 0.494 e. The quantitative estimate of drug-likeness (QED) is 0.829. The van der Waals surface area contributed by atoms with Gasteiger partial charge in [-0.25, -0.2) is 0 Å². The lowest BCUT2D eigenvalue weighted by Gasteiger charge is -2.35. The van der Waals surface area contributed by atoms with Gasteiger partial charge in [0.1, 0.15) is 5.75 Å². The number of nitrogens with zero attached hydrogens (tertiary/aromatic N) is 2. The van der Waals surface area contributed by atoms with Gasteiger partial charge in [0.05, 0.1) is 6.61 Å². The number of hydrogen-bond acceptors (Lipinski definition) is 3. The minimum absolute atomic E-state index is 0.692. The lowest BCUT2D eigenvalue weighted by Crippen LogP contribution is -2.41. The van der Waals surface area contributed by atoms with Crippen LogP contribution >= 0.6 is 11.6 Å². The third-order valence-electron chi connectivity index (χ3n) is 4.00.